The lowest BCUT2D eigenvalue weighted by Crippen LogP contribution is -2.02. The maximum absolute atomic E-state index is 4.50. The highest BCUT2D eigenvalue weighted by Gasteiger charge is 2.01. The van der Waals surface area contributed by atoms with Crippen molar-refractivity contribution in [3.05, 3.63) is 23.8 Å². The van der Waals surface area contributed by atoms with Crippen LogP contribution < -0.4 is 5.32 Å². The fourth-order valence-electron chi connectivity index (χ4n) is 1.97. The van der Waals surface area contributed by atoms with E-state index in [0.717, 1.165) is 23.5 Å². The second kappa shape index (κ2) is 5.71. The van der Waals surface area contributed by atoms with Crippen LogP contribution in [0.3, 0.4) is 0 Å². The van der Waals surface area contributed by atoms with Gasteiger partial charge in [-0.1, -0.05) is 32.3 Å². The van der Waals surface area contributed by atoms with E-state index in [1.807, 2.05) is 0 Å². The number of unbranched alkanes of at least 4 members (excludes halogenated alkanes) is 3. The largest absolute Gasteiger partial charge is 0.356 e. The van der Waals surface area contributed by atoms with Gasteiger partial charge in [-0.15, -0.1) is 0 Å². The summed E-state index contributed by atoms with van der Waals surface area (Å²) in [6.07, 6.45) is 5.11. The van der Waals surface area contributed by atoms with Crippen molar-refractivity contribution < 1.29 is 0 Å². The number of hydrogen-bond donors (Lipinski definition) is 2. The number of imidazole rings is 1. The maximum atomic E-state index is 4.50. The van der Waals surface area contributed by atoms with Gasteiger partial charge in [-0.3, -0.25) is 0 Å². The molecule has 0 aliphatic rings. The van der Waals surface area contributed by atoms with Gasteiger partial charge in [0.05, 0.1) is 11.0 Å². The fourth-order valence-corrected chi connectivity index (χ4v) is 1.97. The Bertz CT molecular complexity index is 473. The Kier molecular flexibility index (Phi) is 4.02. The minimum absolute atomic E-state index is 0.891. The molecule has 2 N–H and O–H groups in total. The molecule has 0 atom stereocenters. The van der Waals surface area contributed by atoms with Crippen molar-refractivity contribution in [3.63, 3.8) is 0 Å². The van der Waals surface area contributed by atoms with Crippen LogP contribution in [0.5, 0.6) is 0 Å². The second-order valence-electron chi connectivity index (χ2n) is 4.59. The number of benzene rings is 1. The van der Waals surface area contributed by atoms with E-state index >= 15 is 0 Å². The minimum atomic E-state index is 0.891. The van der Waals surface area contributed by atoms with E-state index in [2.05, 4.69) is 47.3 Å². The Morgan fingerprint density at radius 3 is 2.94 bits per heavy atom. The van der Waals surface area contributed by atoms with Crippen molar-refractivity contribution in [2.24, 2.45) is 0 Å². The van der Waals surface area contributed by atoms with E-state index in [1.54, 1.807) is 0 Å². The first kappa shape index (κ1) is 12.0. The number of aromatic nitrogens is 2. The van der Waals surface area contributed by atoms with Crippen LogP contribution in [0.15, 0.2) is 18.2 Å². The van der Waals surface area contributed by atoms with Gasteiger partial charge in [-0.25, -0.2) is 4.98 Å². The quantitative estimate of drug-likeness (QED) is 0.741. The Hall–Kier alpha value is -1.51. The van der Waals surface area contributed by atoms with E-state index in [4.69, 9.17) is 0 Å². The predicted octanol–water partition coefficient (Wildman–Crippen LogP) is 3.86. The molecule has 2 aromatic rings. The number of nitrogens with one attached hydrogen (secondary N) is 2. The molecule has 0 bridgehead atoms. The smallest absolute Gasteiger partial charge is 0.201 e. The molecule has 0 aliphatic carbocycles. The topological polar surface area (TPSA) is 40.7 Å². The molecule has 0 aliphatic heterocycles. The van der Waals surface area contributed by atoms with Crippen LogP contribution in [0, 0.1) is 6.92 Å². The number of H-pyrrole nitrogens is 1. The zero-order chi connectivity index (χ0) is 12.1. The summed E-state index contributed by atoms with van der Waals surface area (Å²) in [5.41, 5.74) is 3.41. The number of aromatic amines is 1. The molecule has 3 heteroatoms. The Balaban J connectivity index is 1.91. The molecule has 0 saturated carbocycles. The summed E-state index contributed by atoms with van der Waals surface area (Å²) >= 11 is 0. The summed E-state index contributed by atoms with van der Waals surface area (Å²) in [6.45, 7) is 5.33. The van der Waals surface area contributed by atoms with Crippen LogP contribution in [0.1, 0.15) is 38.2 Å². The number of nitrogens with zero attached hydrogens (tertiary/aromatic N) is 1. The van der Waals surface area contributed by atoms with Gasteiger partial charge in [0, 0.05) is 6.54 Å². The Morgan fingerprint density at radius 1 is 1.24 bits per heavy atom. The van der Waals surface area contributed by atoms with Gasteiger partial charge in [0.2, 0.25) is 5.95 Å². The molecule has 1 aromatic heterocycles. The molecule has 2 rings (SSSR count). The number of rotatable bonds is 6. The van der Waals surface area contributed by atoms with E-state index in [-0.39, 0.29) is 0 Å². The lowest BCUT2D eigenvalue weighted by molar-refractivity contribution is 0.684. The van der Waals surface area contributed by atoms with Crippen molar-refractivity contribution in [3.8, 4) is 0 Å². The molecular formula is C14H21N3. The third-order valence-corrected chi connectivity index (χ3v) is 2.96. The lowest BCUT2D eigenvalue weighted by atomic mass is 10.2. The zero-order valence-electron chi connectivity index (χ0n) is 10.7. The molecule has 0 spiro atoms. The maximum Gasteiger partial charge on any atom is 0.201 e. The fraction of sp³-hybridized carbons (Fsp3) is 0.500. The highest BCUT2D eigenvalue weighted by molar-refractivity contribution is 5.78. The van der Waals surface area contributed by atoms with Crippen LogP contribution in [-0.4, -0.2) is 16.5 Å². The number of anilines is 1. The SMILES string of the molecule is CCCCCCNc1nc2ccc(C)cc2[nH]1. The molecule has 1 aromatic carbocycles. The number of fused-ring (bicyclic) bond motifs is 1. The monoisotopic (exact) mass is 231 g/mol. The van der Waals surface area contributed by atoms with Gasteiger partial charge in [0.15, 0.2) is 0 Å². The van der Waals surface area contributed by atoms with Crippen molar-refractivity contribution in [1.29, 1.82) is 0 Å². The minimum Gasteiger partial charge on any atom is -0.356 e. The summed E-state index contributed by atoms with van der Waals surface area (Å²) in [4.78, 5) is 7.81. The highest BCUT2D eigenvalue weighted by atomic mass is 15.1. The normalized spacial score (nSPS) is 10.9. The van der Waals surface area contributed by atoms with Crippen molar-refractivity contribution in [2.45, 2.75) is 39.5 Å². The third kappa shape index (κ3) is 3.22. The van der Waals surface area contributed by atoms with Crippen molar-refractivity contribution in [2.75, 3.05) is 11.9 Å². The number of hydrogen-bond acceptors (Lipinski definition) is 2. The van der Waals surface area contributed by atoms with Crippen LogP contribution >= 0.6 is 0 Å². The van der Waals surface area contributed by atoms with Crippen LogP contribution in [0.25, 0.3) is 11.0 Å². The predicted molar refractivity (Wildman–Crippen MR) is 73.5 cm³/mol. The standard InChI is InChI=1S/C14H21N3/c1-3-4-5-6-9-15-14-16-12-8-7-11(2)10-13(12)17-14/h7-8,10H,3-6,9H2,1-2H3,(H2,15,16,17). The van der Waals surface area contributed by atoms with Gasteiger partial charge in [0.1, 0.15) is 0 Å². The molecule has 0 radical (unpaired) electrons. The van der Waals surface area contributed by atoms with E-state index in [9.17, 15) is 0 Å². The average Bonchev–Trinajstić information content (AvgIpc) is 2.70. The van der Waals surface area contributed by atoms with Gasteiger partial charge in [-0.05, 0) is 31.0 Å². The van der Waals surface area contributed by atoms with Gasteiger partial charge in [0.25, 0.3) is 0 Å². The second-order valence-corrected chi connectivity index (χ2v) is 4.59. The summed E-state index contributed by atoms with van der Waals surface area (Å²) in [5.74, 6) is 0.891. The molecule has 1 heterocycles. The Labute approximate surface area is 103 Å². The summed E-state index contributed by atoms with van der Waals surface area (Å²) in [7, 11) is 0. The van der Waals surface area contributed by atoms with Gasteiger partial charge < -0.3 is 10.3 Å². The van der Waals surface area contributed by atoms with Crippen LogP contribution in [-0.2, 0) is 0 Å². The Morgan fingerprint density at radius 2 is 2.12 bits per heavy atom. The third-order valence-electron chi connectivity index (χ3n) is 2.96. The summed E-state index contributed by atoms with van der Waals surface area (Å²) in [6, 6.07) is 6.28. The van der Waals surface area contributed by atoms with Crippen LogP contribution in [0.2, 0.25) is 0 Å². The zero-order valence-corrected chi connectivity index (χ0v) is 10.7. The molecular weight excluding hydrogens is 210 g/mol. The van der Waals surface area contributed by atoms with Crippen molar-refractivity contribution in [1.82, 2.24) is 9.97 Å². The first-order valence-electron chi connectivity index (χ1n) is 6.50. The average molecular weight is 231 g/mol. The van der Waals surface area contributed by atoms with Gasteiger partial charge >= 0.3 is 0 Å². The highest BCUT2D eigenvalue weighted by Crippen LogP contribution is 2.15. The number of aryl methyl sites for hydroxylation is 1. The van der Waals surface area contributed by atoms with E-state index in [1.165, 1.54) is 31.2 Å². The molecule has 3 nitrogen and oxygen atoms in total. The summed E-state index contributed by atoms with van der Waals surface area (Å²) in [5, 5.41) is 3.35. The first-order chi connectivity index (χ1) is 8.29. The summed E-state index contributed by atoms with van der Waals surface area (Å²) < 4.78 is 0. The molecule has 92 valence electrons. The molecule has 17 heavy (non-hydrogen) atoms. The molecule has 0 amide bonds. The molecule has 0 unspecified atom stereocenters. The van der Waals surface area contributed by atoms with E-state index in [0.29, 0.717) is 0 Å². The van der Waals surface area contributed by atoms with Gasteiger partial charge in [-0.2, -0.15) is 0 Å². The first-order valence-corrected chi connectivity index (χ1v) is 6.50. The molecule has 0 saturated heterocycles. The molecule has 0 fully saturated rings. The van der Waals surface area contributed by atoms with Crippen LogP contribution in [0.4, 0.5) is 5.95 Å². The van der Waals surface area contributed by atoms with Crippen molar-refractivity contribution >= 4 is 17.0 Å². The van der Waals surface area contributed by atoms with E-state index < -0.39 is 0 Å². The lowest BCUT2D eigenvalue weighted by Gasteiger charge is -2.01.